The number of carbonyl (C=O) groups is 3. The van der Waals surface area contributed by atoms with Crippen molar-refractivity contribution in [3.05, 3.63) is 75.7 Å². The number of rotatable bonds is 10. The van der Waals surface area contributed by atoms with Crippen molar-refractivity contribution in [3.63, 3.8) is 0 Å². The molecule has 8 rings (SSSR count). The number of aryl methyl sites for hydroxylation is 1. The molecule has 2 aromatic heterocycles. The fourth-order valence-electron chi connectivity index (χ4n) is 9.61. The minimum atomic E-state index is -0.754. The molecule has 4 fully saturated rings. The molecule has 12 heteroatoms. The molecule has 2 N–H and O–H groups in total. The van der Waals surface area contributed by atoms with Crippen LogP contribution in [0, 0.1) is 12.3 Å². The van der Waals surface area contributed by atoms with Crippen molar-refractivity contribution in [1.29, 1.82) is 0 Å². The molecular weight excluding hydrogens is 705 g/mol. The summed E-state index contributed by atoms with van der Waals surface area (Å²) in [5, 5.41) is 9.64. The Morgan fingerprint density at radius 1 is 0.911 bits per heavy atom. The number of urea groups is 1. The van der Waals surface area contributed by atoms with E-state index in [-0.39, 0.29) is 34.7 Å². The molecule has 3 saturated heterocycles. The quantitative estimate of drug-likeness (QED) is 0.218. The van der Waals surface area contributed by atoms with Crippen LogP contribution >= 0.6 is 0 Å². The van der Waals surface area contributed by atoms with Gasteiger partial charge >= 0.3 is 6.03 Å². The minimum Gasteiger partial charge on any atom is -0.338 e. The second-order valence-corrected chi connectivity index (χ2v) is 17.1. The standard InChI is InChI=1S/C44H58N8O4/c1-4-5-14-44(15-16-44)42(55)52-39-30(2)25-31(26-34(39)29-45-52)27-38(41(54)50-23-21-49(22-24-50)35-12-17-48(3)18-13-35)47-43(56)51-19-10-32(11-20-51)36-28-33-8-6-7-9-37(33)46-40(36)53/h6-9,25-26,28-29,32,35,38H,4-5,10-24,27H2,1-3H3,(H,46,53)(H,47,56). The second-order valence-electron chi connectivity index (χ2n) is 17.1. The highest BCUT2D eigenvalue weighted by molar-refractivity contribution is 5.97. The average Bonchev–Trinajstić information content (AvgIpc) is 3.89. The third-order valence-corrected chi connectivity index (χ3v) is 13.3. The first-order chi connectivity index (χ1) is 27.1. The number of aromatic nitrogens is 3. The molecule has 3 amide bonds. The van der Waals surface area contributed by atoms with Gasteiger partial charge in [-0.15, -0.1) is 0 Å². The molecule has 1 unspecified atom stereocenters. The largest absolute Gasteiger partial charge is 0.338 e. The van der Waals surface area contributed by atoms with Crippen LogP contribution in [0.1, 0.15) is 92.1 Å². The van der Waals surface area contributed by atoms with Gasteiger partial charge in [-0.25, -0.2) is 4.79 Å². The van der Waals surface area contributed by atoms with Crippen molar-refractivity contribution in [2.24, 2.45) is 5.41 Å². The number of nitrogens with zero attached hydrogens (tertiary/aromatic N) is 6. The lowest BCUT2D eigenvalue weighted by Crippen LogP contribution is -2.59. The summed E-state index contributed by atoms with van der Waals surface area (Å²) in [7, 11) is 2.18. The Bertz CT molecular complexity index is 2130. The monoisotopic (exact) mass is 762 g/mol. The van der Waals surface area contributed by atoms with Crippen LogP contribution in [-0.2, 0) is 11.2 Å². The van der Waals surface area contributed by atoms with Crippen LogP contribution in [0.4, 0.5) is 4.79 Å². The molecule has 1 atom stereocenters. The van der Waals surface area contributed by atoms with E-state index in [2.05, 4.69) is 45.2 Å². The maximum absolute atomic E-state index is 14.4. The zero-order chi connectivity index (χ0) is 39.0. The predicted molar refractivity (Wildman–Crippen MR) is 219 cm³/mol. The van der Waals surface area contributed by atoms with E-state index in [0.717, 1.165) is 110 Å². The Balaban J connectivity index is 0.980. The van der Waals surface area contributed by atoms with Gasteiger partial charge in [0, 0.05) is 68.2 Å². The highest BCUT2D eigenvalue weighted by atomic mass is 16.2. The van der Waals surface area contributed by atoms with Crippen molar-refractivity contribution >= 4 is 39.7 Å². The third kappa shape index (κ3) is 7.87. The van der Waals surface area contributed by atoms with Gasteiger partial charge in [0.2, 0.25) is 5.91 Å². The number of hydrogen-bond donors (Lipinski definition) is 2. The van der Waals surface area contributed by atoms with Crippen LogP contribution in [0.3, 0.4) is 0 Å². The van der Waals surface area contributed by atoms with E-state index in [4.69, 9.17) is 0 Å². The van der Waals surface area contributed by atoms with Gasteiger partial charge in [-0.1, -0.05) is 44.0 Å². The molecular formula is C44H58N8O4. The lowest BCUT2D eigenvalue weighted by molar-refractivity contribution is -0.135. The Hall–Kier alpha value is -4.55. The number of para-hydroxylation sites is 1. The SMILES string of the molecule is CCCCC1(C(=O)n2ncc3cc(CC(NC(=O)N4CCC(c5cc6ccccc6[nH]c5=O)CC4)C(=O)N4CCN(C5CCN(C)CC5)CC4)cc(C)c32)CC1. The topological polar surface area (TPSA) is 127 Å². The maximum Gasteiger partial charge on any atom is 0.318 e. The number of piperidine rings is 2. The van der Waals surface area contributed by atoms with E-state index < -0.39 is 6.04 Å². The van der Waals surface area contributed by atoms with Crippen LogP contribution in [-0.4, -0.2) is 124 Å². The number of likely N-dealkylation sites (tertiary alicyclic amines) is 2. The number of H-pyrrole nitrogens is 1. The number of aromatic amines is 1. The molecule has 12 nitrogen and oxygen atoms in total. The molecule has 0 radical (unpaired) electrons. The molecule has 2 aromatic carbocycles. The van der Waals surface area contributed by atoms with Gasteiger partial charge in [0.1, 0.15) is 6.04 Å². The summed E-state index contributed by atoms with van der Waals surface area (Å²) in [6, 6.07) is 13.4. The molecule has 4 aliphatic rings. The van der Waals surface area contributed by atoms with Gasteiger partial charge in [-0.05, 0) is 113 Å². The van der Waals surface area contributed by atoms with Gasteiger partial charge in [-0.2, -0.15) is 9.78 Å². The Morgan fingerprint density at radius 3 is 2.36 bits per heavy atom. The number of nitrogens with one attached hydrogen (secondary N) is 2. The van der Waals surface area contributed by atoms with Gasteiger partial charge < -0.3 is 25.0 Å². The second kappa shape index (κ2) is 16.1. The van der Waals surface area contributed by atoms with Gasteiger partial charge in [0.05, 0.1) is 17.1 Å². The van der Waals surface area contributed by atoms with Crippen molar-refractivity contribution < 1.29 is 14.4 Å². The van der Waals surface area contributed by atoms with Crippen molar-refractivity contribution in [3.8, 4) is 0 Å². The highest BCUT2D eigenvalue weighted by Crippen LogP contribution is 2.51. The zero-order valence-electron chi connectivity index (χ0n) is 33.4. The van der Waals surface area contributed by atoms with Crippen LogP contribution in [0.5, 0.6) is 0 Å². The van der Waals surface area contributed by atoms with E-state index in [1.807, 2.05) is 48.2 Å². The first-order valence-electron chi connectivity index (χ1n) is 21.0. The number of piperazine rings is 1. The summed E-state index contributed by atoms with van der Waals surface area (Å²) in [4.78, 5) is 66.9. The summed E-state index contributed by atoms with van der Waals surface area (Å²) in [5.74, 6) is 0.0781. The van der Waals surface area contributed by atoms with E-state index in [0.29, 0.717) is 51.5 Å². The highest BCUT2D eigenvalue weighted by Gasteiger charge is 2.50. The minimum absolute atomic E-state index is 0.0506. The number of hydrogen-bond acceptors (Lipinski definition) is 7. The first kappa shape index (κ1) is 38.3. The molecule has 298 valence electrons. The van der Waals surface area contributed by atoms with Gasteiger partial charge in [0.25, 0.3) is 11.5 Å². The average molecular weight is 763 g/mol. The summed E-state index contributed by atoms with van der Waals surface area (Å²) in [6.45, 7) is 10.3. The molecule has 56 heavy (non-hydrogen) atoms. The van der Waals surface area contributed by atoms with Crippen LogP contribution in [0.25, 0.3) is 21.8 Å². The van der Waals surface area contributed by atoms with Crippen LogP contribution in [0.2, 0.25) is 0 Å². The summed E-state index contributed by atoms with van der Waals surface area (Å²) in [6.07, 6.45) is 10.6. The lowest BCUT2D eigenvalue weighted by Gasteiger charge is -2.43. The van der Waals surface area contributed by atoms with Gasteiger partial charge in [0.15, 0.2) is 0 Å². The third-order valence-electron chi connectivity index (χ3n) is 13.3. The molecule has 4 aromatic rings. The maximum atomic E-state index is 14.4. The lowest BCUT2D eigenvalue weighted by atomic mass is 9.89. The van der Waals surface area contributed by atoms with E-state index in [9.17, 15) is 19.2 Å². The van der Waals surface area contributed by atoms with Gasteiger partial charge in [-0.3, -0.25) is 19.3 Å². The number of carbonyl (C=O) groups excluding carboxylic acids is 3. The summed E-state index contributed by atoms with van der Waals surface area (Å²) in [5.41, 5.74) is 3.91. The summed E-state index contributed by atoms with van der Waals surface area (Å²) >= 11 is 0. The number of unbranched alkanes of at least 4 members (excludes halogenated alkanes) is 1. The van der Waals surface area contributed by atoms with Crippen molar-refractivity contribution in [1.82, 2.24) is 39.7 Å². The number of amides is 3. The number of pyridine rings is 1. The fraction of sp³-hybridized carbons (Fsp3) is 0.568. The zero-order valence-corrected chi connectivity index (χ0v) is 33.4. The van der Waals surface area contributed by atoms with E-state index in [1.165, 1.54) is 0 Å². The molecule has 1 aliphatic carbocycles. The Morgan fingerprint density at radius 2 is 1.64 bits per heavy atom. The number of fused-ring (bicyclic) bond motifs is 2. The molecule has 0 spiro atoms. The smallest absolute Gasteiger partial charge is 0.318 e. The van der Waals surface area contributed by atoms with Crippen molar-refractivity contribution in [2.75, 3.05) is 59.4 Å². The molecule has 1 saturated carbocycles. The summed E-state index contributed by atoms with van der Waals surface area (Å²) < 4.78 is 1.61. The first-order valence-corrected chi connectivity index (χ1v) is 21.0. The Kier molecular flexibility index (Phi) is 11.0. The fourth-order valence-corrected chi connectivity index (χ4v) is 9.61. The van der Waals surface area contributed by atoms with E-state index >= 15 is 0 Å². The number of benzene rings is 2. The van der Waals surface area contributed by atoms with E-state index in [1.54, 1.807) is 15.8 Å². The molecule has 3 aliphatic heterocycles. The predicted octanol–water partition coefficient (Wildman–Crippen LogP) is 5.54. The molecule has 0 bridgehead atoms. The van der Waals surface area contributed by atoms with Crippen LogP contribution in [0.15, 0.2) is 53.5 Å². The van der Waals surface area contributed by atoms with Crippen molar-refractivity contribution in [2.45, 2.75) is 96.1 Å². The van der Waals surface area contributed by atoms with Crippen LogP contribution < -0.4 is 10.9 Å². The Labute approximate surface area is 329 Å². The molecule has 5 heterocycles. The normalized spacial score (nSPS) is 20.4.